The summed E-state index contributed by atoms with van der Waals surface area (Å²) in [7, 11) is 3.18. The van der Waals surface area contributed by atoms with Crippen molar-refractivity contribution >= 4 is 11.8 Å². The number of hydrogen-bond acceptors (Lipinski definition) is 5. The highest BCUT2D eigenvalue weighted by molar-refractivity contribution is 6.10. The molecule has 2 aromatic carbocycles. The average Bonchev–Trinajstić information content (AvgIpc) is 3.19. The lowest BCUT2D eigenvalue weighted by Gasteiger charge is -2.23. The van der Waals surface area contributed by atoms with Gasteiger partial charge in [0, 0.05) is 23.2 Å². The van der Waals surface area contributed by atoms with Crippen molar-refractivity contribution in [3.8, 4) is 22.6 Å². The molecule has 1 aliphatic rings. The van der Waals surface area contributed by atoms with Crippen molar-refractivity contribution < 1.29 is 23.8 Å². The minimum atomic E-state index is -0.453. The van der Waals surface area contributed by atoms with Crippen LogP contribution >= 0.6 is 0 Å². The number of H-pyrrole nitrogens is 1. The second kappa shape index (κ2) is 8.68. The number of hydrogen-bond donors (Lipinski definition) is 1. The first-order valence-corrected chi connectivity index (χ1v) is 10.3. The molecule has 1 aliphatic carbocycles. The standard InChI is InChI=1S/C25H25NO5/c1-4-31-25(28)24-22(15-8-6-5-7-9-15)23-18(26-24)12-17(13-19(23)27)16-10-11-20(29-2)21(14-16)30-3/h5-11,14,17,26H,4,12-13H2,1-3H3. The van der Waals surface area contributed by atoms with Crippen LogP contribution in [0.2, 0.25) is 0 Å². The summed E-state index contributed by atoms with van der Waals surface area (Å²) in [5.74, 6) is 0.793. The second-order valence-electron chi connectivity index (χ2n) is 7.46. The molecule has 3 aromatic rings. The molecule has 1 atom stereocenters. The van der Waals surface area contributed by atoms with Crippen LogP contribution in [0.3, 0.4) is 0 Å². The van der Waals surface area contributed by atoms with E-state index in [2.05, 4.69) is 4.98 Å². The lowest BCUT2D eigenvalue weighted by atomic mass is 9.80. The van der Waals surface area contributed by atoms with Crippen molar-refractivity contribution in [2.75, 3.05) is 20.8 Å². The highest BCUT2D eigenvalue weighted by Gasteiger charge is 2.34. The third kappa shape index (κ3) is 3.81. The first-order valence-electron chi connectivity index (χ1n) is 10.3. The van der Waals surface area contributed by atoms with E-state index in [1.54, 1.807) is 21.1 Å². The van der Waals surface area contributed by atoms with Crippen LogP contribution in [0.5, 0.6) is 11.5 Å². The fourth-order valence-corrected chi connectivity index (χ4v) is 4.25. The van der Waals surface area contributed by atoms with E-state index in [0.717, 1.165) is 16.8 Å². The first-order chi connectivity index (χ1) is 15.1. The Kier molecular flexibility index (Phi) is 5.80. The van der Waals surface area contributed by atoms with Crippen molar-refractivity contribution in [1.29, 1.82) is 0 Å². The topological polar surface area (TPSA) is 77.6 Å². The van der Waals surface area contributed by atoms with Crippen LogP contribution in [0.15, 0.2) is 48.5 Å². The number of aromatic nitrogens is 1. The monoisotopic (exact) mass is 419 g/mol. The van der Waals surface area contributed by atoms with Gasteiger partial charge in [-0.1, -0.05) is 36.4 Å². The Labute approximate surface area is 181 Å². The molecular weight excluding hydrogens is 394 g/mol. The summed E-state index contributed by atoms with van der Waals surface area (Å²) >= 11 is 0. The Morgan fingerprint density at radius 1 is 1.00 bits per heavy atom. The van der Waals surface area contributed by atoms with E-state index in [0.29, 0.717) is 41.2 Å². The minimum Gasteiger partial charge on any atom is -0.493 e. The van der Waals surface area contributed by atoms with Crippen molar-refractivity contribution in [2.45, 2.75) is 25.7 Å². The van der Waals surface area contributed by atoms with Gasteiger partial charge in [0.15, 0.2) is 17.3 Å². The minimum absolute atomic E-state index is 0.00619. The fraction of sp³-hybridized carbons (Fsp3) is 0.280. The second-order valence-corrected chi connectivity index (χ2v) is 7.46. The maximum Gasteiger partial charge on any atom is 0.355 e. The molecule has 1 unspecified atom stereocenters. The predicted molar refractivity (Wildman–Crippen MR) is 117 cm³/mol. The SMILES string of the molecule is CCOC(=O)c1[nH]c2c(c1-c1ccccc1)C(=O)CC(c1ccc(OC)c(OC)c1)C2. The van der Waals surface area contributed by atoms with Crippen LogP contribution in [0, 0.1) is 0 Å². The lowest BCUT2D eigenvalue weighted by molar-refractivity contribution is 0.0521. The van der Waals surface area contributed by atoms with E-state index in [4.69, 9.17) is 14.2 Å². The fourth-order valence-electron chi connectivity index (χ4n) is 4.25. The molecule has 1 heterocycles. The Morgan fingerprint density at radius 2 is 1.74 bits per heavy atom. The Morgan fingerprint density at radius 3 is 2.42 bits per heavy atom. The van der Waals surface area contributed by atoms with Gasteiger partial charge in [-0.15, -0.1) is 0 Å². The van der Waals surface area contributed by atoms with Crippen LogP contribution in [-0.2, 0) is 11.2 Å². The van der Waals surface area contributed by atoms with E-state index in [-0.39, 0.29) is 18.3 Å². The van der Waals surface area contributed by atoms with Gasteiger partial charge >= 0.3 is 5.97 Å². The van der Waals surface area contributed by atoms with Crippen LogP contribution in [0.4, 0.5) is 0 Å². The summed E-state index contributed by atoms with van der Waals surface area (Å²) in [5.41, 5.74) is 4.12. The predicted octanol–water partition coefficient (Wildman–Crippen LogP) is 4.79. The molecule has 6 nitrogen and oxygen atoms in total. The molecule has 0 amide bonds. The molecular formula is C25H25NO5. The molecule has 1 N–H and O–H groups in total. The molecule has 160 valence electrons. The van der Waals surface area contributed by atoms with Gasteiger partial charge in [-0.3, -0.25) is 4.79 Å². The van der Waals surface area contributed by atoms with Crippen molar-refractivity contribution in [3.05, 3.63) is 71.0 Å². The summed E-state index contributed by atoms with van der Waals surface area (Å²) in [5, 5.41) is 0. The smallest absolute Gasteiger partial charge is 0.355 e. The van der Waals surface area contributed by atoms with Gasteiger partial charge < -0.3 is 19.2 Å². The van der Waals surface area contributed by atoms with E-state index >= 15 is 0 Å². The highest BCUT2D eigenvalue weighted by Crippen LogP contribution is 2.41. The number of esters is 1. The van der Waals surface area contributed by atoms with Gasteiger partial charge in [0.05, 0.1) is 20.8 Å². The molecule has 0 radical (unpaired) electrons. The normalized spacial score (nSPS) is 15.3. The van der Waals surface area contributed by atoms with Crippen LogP contribution in [0.1, 0.15) is 51.4 Å². The van der Waals surface area contributed by atoms with Gasteiger partial charge in [0.2, 0.25) is 0 Å². The van der Waals surface area contributed by atoms with Crippen LogP contribution in [0.25, 0.3) is 11.1 Å². The largest absolute Gasteiger partial charge is 0.493 e. The van der Waals surface area contributed by atoms with E-state index < -0.39 is 5.97 Å². The molecule has 0 fully saturated rings. The maximum atomic E-state index is 13.3. The van der Waals surface area contributed by atoms with Crippen LogP contribution in [-0.4, -0.2) is 37.6 Å². The third-order valence-corrected chi connectivity index (χ3v) is 5.66. The third-order valence-electron chi connectivity index (χ3n) is 5.66. The molecule has 4 rings (SSSR count). The Hall–Kier alpha value is -3.54. The van der Waals surface area contributed by atoms with Crippen LogP contribution < -0.4 is 9.47 Å². The van der Waals surface area contributed by atoms with Gasteiger partial charge in [-0.2, -0.15) is 0 Å². The number of nitrogens with one attached hydrogen (secondary N) is 1. The van der Waals surface area contributed by atoms with E-state index in [9.17, 15) is 9.59 Å². The molecule has 6 heteroatoms. The van der Waals surface area contributed by atoms with Gasteiger partial charge in [-0.05, 0) is 42.5 Å². The molecule has 0 saturated carbocycles. The lowest BCUT2D eigenvalue weighted by Crippen LogP contribution is -2.18. The zero-order valence-corrected chi connectivity index (χ0v) is 17.9. The summed E-state index contributed by atoms with van der Waals surface area (Å²) in [4.78, 5) is 29.2. The van der Waals surface area contributed by atoms with E-state index in [1.807, 2.05) is 48.5 Å². The number of Topliss-reactive ketones (excluding diaryl/α,β-unsaturated/α-hetero) is 1. The summed E-state index contributed by atoms with van der Waals surface area (Å²) in [6, 6.07) is 15.2. The highest BCUT2D eigenvalue weighted by atomic mass is 16.5. The molecule has 0 spiro atoms. The molecule has 0 aliphatic heterocycles. The Bertz CT molecular complexity index is 1120. The number of carbonyl (C=O) groups is 2. The zero-order valence-electron chi connectivity index (χ0n) is 17.9. The molecule has 0 bridgehead atoms. The molecule has 0 saturated heterocycles. The number of fused-ring (bicyclic) bond motifs is 1. The van der Waals surface area contributed by atoms with Crippen molar-refractivity contribution in [3.63, 3.8) is 0 Å². The van der Waals surface area contributed by atoms with Crippen molar-refractivity contribution in [1.82, 2.24) is 4.98 Å². The number of ether oxygens (including phenoxy) is 3. The number of methoxy groups -OCH3 is 2. The molecule has 1 aromatic heterocycles. The number of aromatic amines is 1. The maximum absolute atomic E-state index is 13.3. The number of carbonyl (C=O) groups excluding carboxylic acids is 2. The Balaban J connectivity index is 1.78. The quantitative estimate of drug-likeness (QED) is 0.582. The number of benzene rings is 2. The number of ketones is 1. The van der Waals surface area contributed by atoms with E-state index in [1.165, 1.54) is 0 Å². The van der Waals surface area contributed by atoms with Crippen molar-refractivity contribution in [2.24, 2.45) is 0 Å². The first kappa shape index (κ1) is 20.7. The van der Waals surface area contributed by atoms with Gasteiger partial charge in [0.1, 0.15) is 5.69 Å². The summed E-state index contributed by atoms with van der Waals surface area (Å²) < 4.78 is 16.0. The number of rotatable bonds is 6. The van der Waals surface area contributed by atoms with Gasteiger partial charge in [-0.25, -0.2) is 4.79 Å². The summed E-state index contributed by atoms with van der Waals surface area (Å²) in [6.45, 7) is 2.03. The average molecular weight is 419 g/mol. The molecule has 31 heavy (non-hydrogen) atoms. The van der Waals surface area contributed by atoms with Gasteiger partial charge in [0.25, 0.3) is 0 Å². The summed E-state index contributed by atoms with van der Waals surface area (Å²) in [6.07, 6.45) is 0.957. The zero-order chi connectivity index (χ0) is 22.0.